The summed E-state index contributed by atoms with van der Waals surface area (Å²) in [7, 11) is 0. The van der Waals surface area contributed by atoms with Crippen LogP contribution in [0.4, 0.5) is 4.79 Å². The van der Waals surface area contributed by atoms with Crippen molar-refractivity contribution in [3.05, 3.63) is 47.2 Å². The first-order chi connectivity index (χ1) is 13.4. The van der Waals surface area contributed by atoms with Crippen molar-refractivity contribution in [1.82, 2.24) is 14.4 Å². The number of hydrogen-bond donors (Lipinski definition) is 0. The SMILES string of the molecule is CCOC(=O)N1CCN([C@@H](C)C(=O)c2cc(C)n(Cc3ccco3)c2C)CC1. The summed E-state index contributed by atoms with van der Waals surface area (Å²) >= 11 is 0. The van der Waals surface area contributed by atoms with Gasteiger partial charge in [-0.05, 0) is 45.9 Å². The number of ketones is 1. The number of furan rings is 1. The summed E-state index contributed by atoms with van der Waals surface area (Å²) in [5.41, 5.74) is 2.75. The Kier molecular flexibility index (Phi) is 6.24. The van der Waals surface area contributed by atoms with Gasteiger partial charge in [0.05, 0.1) is 25.5 Å². The van der Waals surface area contributed by atoms with E-state index in [1.807, 2.05) is 39.0 Å². The number of amides is 1. The van der Waals surface area contributed by atoms with Crippen LogP contribution in [0.3, 0.4) is 0 Å². The van der Waals surface area contributed by atoms with Gasteiger partial charge in [0.25, 0.3) is 0 Å². The van der Waals surface area contributed by atoms with Gasteiger partial charge in [0.15, 0.2) is 5.78 Å². The number of Topliss-reactive ketones (excluding diaryl/α,β-unsaturated/α-hetero) is 1. The fraction of sp³-hybridized carbons (Fsp3) is 0.524. The van der Waals surface area contributed by atoms with Crippen molar-refractivity contribution in [3.63, 3.8) is 0 Å². The third kappa shape index (κ3) is 4.14. The molecule has 2 aromatic rings. The van der Waals surface area contributed by atoms with E-state index in [4.69, 9.17) is 9.15 Å². The normalized spacial score (nSPS) is 16.2. The number of ether oxygens (including phenoxy) is 1. The minimum absolute atomic E-state index is 0.114. The molecule has 3 heterocycles. The maximum Gasteiger partial charge on any atom is 0.409 e. The molecule has 0 radical (unpaired) electrons. The van der Waals surface area contributed by atoms with Crippen molar-refractivity contribution in [1.29, 1.82) is 0 Å². The highest BCUT2D eigenvalue weighted by molar-refractivity contribution is 6.01. The lowest BCUT2D eigenvalue weighted by Crippen LogP contribution is -2.53. The molecule has 1 atom stereocenters. The summed E-state index contributed by atoms with van der Waals surface area (Å²) < 4.78 is 12.6. The Balaban J connectivity index is 1.66. The van der Waals surface area contributed by atoms with Crippen molar-refractivity contribution in [2.45, 2.75) is 40.3 Å². The Morgan fingerprint density at radius 2 is 1.93 bits per heavy atom. The van der Waals surface area contributed by atoms with Crippen LogP contribution in [-0.4, -0.2) is 65.1 Å². The van der Waals surface area contributed by atoms with E-state index in [0.717, 1.165) is 22.7 Å². The molecule has 0 aliphatic carbocycles. The highest BCUT2D eigenvalue weighted by Gasteiger charge is 2.30. The van der Waals surface area contributed by atoms with E-state index in [9.17, 15) is 9.59 Å². The molecule has 0 bridgehead atoms. The zero-order valence-electron chi connectivity index (χ0n) is 17.1. The van der Waals surface area contributed by atoms with Gasteiger partial charge in [-0.25, -0.2) is 4.79 Å². The molecule has 0 unspecified atom stereocenters. The Hall–Kier alpha value is -2.54. The topological polar surface area (TPSA) is 67.9 Å². The highest BCUT2D eigenvalue weighted by atomic mass is 16.6. The molecular formula is C21H29N3O4. The highest BCUT2D eigenvalue weighted by Crippen LogP contribution is 2.21. The summed E-state index contributed by atoms with van der Waals surface area (Å²) in [4.78, 5) is 28.9. The number of rotatable bonds is 6. The lowest BCUT2D eigenvalue weighted by molar-refractivity contribution is 0.0604. The van der Waals surface area contributed by atoms with Gasteiger partial charge in [-0.3, -0.25) is 9.69 Å². The average molecular weight is 387 g/mol. The van der Waals surface area contributed by atoms with Crippen LogP contribution in [0.2, 0.25) is 0 Å². The zero-order valence-corrected chi connectivity index (χ0v) is 17.1. The molecule has 7 heteroatoms. The quantitative estimate of drug-likeness (QED) is 0.713. The van der Waals surface area contributed by atoms with Crippen LogP contribution in [0.5, 0.6) is 0 Å². The number of carbonyl (C=O) groups excluding carboxylic acids is 2. The predicted molar refractivity (Wildman–Crippen MR) is 106 cm³/mol. The monoisotopic (exact) mass is 387 g/mol. The summed E-state index contributed by atoms with van der Waals surface area (Å²) in [6.45, 7) is 11.2. The van der Waals surface area contributed by atoms with Crippen LogP contribution in [0, 0.1) is 13.8 Å². The summed E-state index contributed by atoms with van der Waals surface area (Å²) in [5, 5.41) is 0. The van der Waals surface area contributed by atoms with Gasteiger partial charge in [0.2, 0.25) is 0 Å². The van der Waals surface area contributed by atoms with Crippen LogP contribution in [0.15, 0.2) is 28.9 Å². The van der Waals surface area contributed by atoms with Crippen LogP contribution in [0.1, 0.15) is 41.4 Å². The van der Waals surface area contributed by atoms with E-state index < -0.39 is 0 Å². The van der Waals surface area contributed by atoms with Crippen LogP contribution in [0.25, 0.3) is 0 Å². The molecule has 0 saturated carbocycles. The molecule has 0 spiro atoms. The number of nitrogens with zero attached hydrogens (tertiary/aromatic N) is 3. The maximum absolute atomic E-state index is 13.2. The standard InChI is InChI=1S/C21H29N3O4/c1-5-27-21(26)23-10-8-22(9-11-23)17(4)20(25)19-13-15(2)24(16(19)3)14-18-7-6-12-28-18/h6-7,12-13,17H,5,8-11,14H2,1-4H3/t17-/m0/s1. The fourth-order valence-electron chi connectivity index (χ4n) is 3.75. The first-order valence-corrected chi connectivity index (χ1v) is 9.81. The minimum Gasteiger partial charge on any atom is -0.467 e. The molecule has 152 valence electrons. The van der Waals surface area contributed by atoms with Crippen LogP contribution < -0.4 is 0 Å². The smallest absolute Gasteiger partial charge is 0.409 e. The van der Waals surface area contributed by atoms with Gasteiger partial charge in [-0.2, -0.15) is 0 Å². The number of aromatic nitrogens is 1. The van der Waals surface area contributed by atoms with Crippen LogP contribution >= 0.6 is 0 Å². The second-order valence-corrected chi connectivity index (χ2v) is 7.21. The lowest BCUT2D eigenvalue weighted by Gasteiger charge is -2.36. The predicted octanol–water partition coefficient (Wildman–Crippen LogP) is 3.09. The molecule has 1 fully saturated rings. The van der Waals surface area contributed by atoms with E-state index in [1.54, 1.807) is 18.1 Å². The van der Waals surface area contributed by atoms with E-state index in [0.29, 0.717) is 39.3 Å². The second-order valence-electron chi connectivity index (χ2n) is 7.21. The first-order valence-electron chi connectivity index (χ1n) is 9.81. The fourth-order valence-corrected chi connectivity index (χ4v) is 3.75. The molecule has 28 heavy (non-hydrogen) atoms. The van der Waals surface area contributed by atoms with Gasteiger partial charge < -0.3 is 18.6 Å². The Bertz CT molecular complexity index is 817. The molecule has 0 N–H and O–H groups in total. The van der Waals surface area contributed by atoms with E-state index >= 15 is 0 Å². The van der Waals surface area contributed by atoms with Crippen molar-refractivity contribution < 1.29 is 18.7 Å². The third-order valence-electron chi connectivity index (χ3n) is 5.50. The molecule has 1 saturated heterocycles. The van der Waals surface area contributed by atoms with Gasteiger partial charge in [-0.1, -0.05) is 0 Å². The van der Waals surface area contributed by atoms with Crippen molar-refractivity contribution >= 4 is 11.9 Å². The van der Waals surface area contributed by atoms with E-state index in [-0.39, 0.29) is 17.9 Å². The van der Waals surface area contributed by atoms with Crippen molar-refractivity contribution in [2.24, 2.45) is 0 Å². The van der Waals surface area contributed by atoms with Crippen molar-refractivity contribution in [3.8, 4) is 0 Å². The van der Waals surface area contributed by atoms with Crippen LogP contribution in [-0.2, 0) is 11.3 Å². The molecule has 3 rings (SSSR count). The molecule has 1 aliphatic heterocycles. The maximum atomic E-state index is 13.2. The van der Waals surface area contributed by atoms with E-state index in [2.05, 4.69) is 9.47 Å². The Labute approximate surface area is 165 Å². The minimum atomic E-state index is -0.275. The largest absolute Gasteiger partial charge is 0.467 e. The van der Waals surface area contributed by atoms with Gasteiger partial charge in [0, 0.05) is 43.1 Å². The summed E-state index contributed by atoms with van der Waals surface area (Å²) in [6, 6.07) is 5.54. The number of aryl methyl sites for hydroxylation is 1. The number of hydrogen-bond acceptors (Lipinski definition) is 5. The summed E-state index contributed by atoms with van der Waals surface area (Å²) in [5.74, 6) is 0.979. The second kappa shape index (κ2) is 8.65. The Morgan fingerprint density at radius 1 is 1.21 bits per heavy atom. The lowest BCUT2D eigenvalue weighted by atomic mass is 10.0. The Morgan fingerprint density at radius 3 is 2.54 bits per heavy atom. The zero-order chi connectivity index (χ0) is 20.3. The number of piperazine rings is 1. The first kappa shape index (κ1) is 20.2. The van der Waals surface area contributed by atoms with Gasteiger partial charge in [-0.15, -0.1) is 0 Å². The number of carbonyl (C=O) groups is 2. The molecule has 2 aromatic heterocycles. The van der Waals surface area contributed by atoms with E-state index in [1.165, 1.54) is 0 Å². The molecular weight excluding hydrogens is 358 g/mol. The van der Waals surface area contributed by atoms with Gasteiger partial charge in [0.1, 0.15) is 5.76 Å². The molecule has 7 nitrogen and oxygen atoms in total. The molecule has 1 amide bonds. The molecule has 0 aromatic carbocycles. The average Bonchev–Trinajstić information content (AvgIpc) is 3.31. The van der Waals surface area contributed by atoms with Crippen molar-refractivity contribution in [2.75, 3.05) is 32.8 Å². The third-order valence-corrected chi connectivity index (χ3v) is 5.50. The molecule has 1 aliphatic rings. The van der Waals surface area contributed by atoms with Gasteiger partial charge >= 0.3 is 6.09 Å². The summed E-state index contributed by atoms with van der Waals surface area (Å²) in [6.07, 6.45) is 1.38.